The standard InChI is InChI=1S/C14H15ClN2O/c15-11-5-3-4-10(8-11)14(18)12(9-16)13-6-1-2-7-17-13/h1-8,12,14,18H,9,16H2. The lowest BCUT2D eigenvalue weighted by Crippen LogP contribution is -2.21. The SMILES string of the molecule is NCC(c1ccccn1)C(O)c1cccc(Cl)c1. The first-order valence-corrected chi connectivity index (χ1v) is 6.14. The van der Waals surface area contributed by atoms with E-state index in [1.165, 1.54) is 0 Å². The Labute approximate surface area is 111 Å². The molecule has 0 radical (unpaired) electrons. The Hall–Kier alpha value is -1.42. The summed E-state index contributed by atoms with van der Waals surface area (Å²) in [7, 11) is 0. The van der Waals surface area contributed by atoms with Crippen molar-refractivity contribution in [3.8, 4) is 0 Å². The van der Waals surface area contributed by atoms with Gasteiger partial charge >= 0.3 is 0 Å². The van der Waals surface area contributed by atoms with E-state index in [1.54, 1.807) is 18.3 Å². The number of aliphatic hydroxyl groups is 1. The summed E-state index contributed by atoms with van der Waals surface area (Å²) in [5.41, 5.74) is 7.29. The van der Waals surface area contributed by atoms with Crippen LogP contribution in [0.25, 0.3) is 0 Å². The van der Waals surface area contributed by atoms with Crippen LogP contribution >= 0.6 is 11.6 Å². The average molecular weight is 263 g/mol. The minimum atomic E-state index is -0.705. The molecule has 2 aromatic rings. The molecule has 0 saturated heterocycles. The summed E-state index contributed by atoms with van der Waals surface area (Å²) in [6.45, 7) is 0.324. The van der Waals surface area contributed by atoms with E-state index in [0.717, 1.165) is 11.3 Å². The van der Waals surface area contributed by atoms with E-state index < -0.39 is 6.10 Å². The molecule has 18 heavy (non-hydrogen) atoms. The van der Waals surface area contributed by atoms with Gasteiger partial charge in [0.15, 0.2) is 0 Å². The largest absolute Gasteiger partial charge is 0.388 e. The third-order valence-electron chi connectivity index (χ3n) is 2.89. The van der Waals surface area contributed by atoms with Gasteiger partial charge in [0.2, 0.25) is 0 Å². The van der Waals surface area contributed by atoms with Gasteiger partial charge in [0.1, 0.15) is 0 Å². The molecule has 1 aromatic carbocycles. The summed E-state index contributed by atoms with van der Waals surface area (Å²) in [5.74, 6) is -0.232. The van der Waals surface area contributed by atoms with Gasteiger partial charge in [-0.25, -0.2) is 0 Å². The number of nitrogens with zero attached hydrogens (tertiary/aromatic N) is 1. The first-order valence-electron chi connectivity index (χ1n) is 5.77. The second-order valence-electron chi connectivity index (χ2n) is 4.10. The second kappa shape index (κ2) is 5.96. The van der Waals surface area contributed by atoms with E-state index in [1.807, 2.05) is 30.3 Å². The lowest BCUT2D eigenvalue weighted by molar-refractivity contribution is 0.145. The van der Waals surface area contributed by atoms with E-state index >= 15 is 0 Å². The van der Waals surface area contributed by atoms with Gasteiger partial charge in [-0.2, -0.15) is 0 Å². The predicted octanol–water partition coefficient (Wildman–Crippen LogP) is 2.51. The van der Waals surface area contributed by atoms with Crippen LogP contribution in [0.3, 0.4) is 0 Å². The number of hydrogen-bond acceptors (Lipinski definition) is 3. The van der Waals surface area contributed by atoms with E-state index in [0.29, 0.717) is 11.6 Å². The van der Waals surface area contributed by atoms with Gasteiger partial charge in [0.25, 0.3) is 0 Å². The quantitative estimate of drug-likeness (QED) is 0.890. The molecule has 0 saturated carbocycles. The highest BCUT2D eigenvalue weighted by atomic mass is 35.5. The molecule has 1 heterocycles. The lowest BCUT2D eigenvalue weighted by Gasteiger charge is -2.21. The van der Waals surface area contributed by atoms with Crippen LogP contribution in [0.5, 0.6) is 0 Å². The highest BCUT2D eigenvalue weighted by molar-refractivity contribution is 6.30. The predicted molar refractivity (Wildman–Crippen MR) is 72.4 cm³/mol. The third-order valence-corrected chi connectivity index (χ3v) is 3.13. The lowest BCUT2D eigenvalue weighted by atomic mass is 9.92. The normalized spacial score (nSPS) is 14.2. The highest BCUT2D eigenvalue weighted by Gasteiger charge is 2.22. The van der Waals surface area contributed by atoms with Crippen molar-refractivity contribution in [2.45, 2.75) is 12.0 Å². The first-order chi connectivity index (χ1) is 8.72. The third kappa shape index (κ3) is 2.88. The molecule has 2 rings (SSSR count). The maximum absolute atomic E-state index is 10.4. The molecule has 0 aliphatic carbocycles. The summed E-state index contributed by atoms with van der Waals surface area (Å²) in [6, 6.07) is 12.8. The van der Waals surface area contributed by atoms with Crippen LogP contribution in [-0.2, 0) is 0 Å². The van der Waals surface area contributed by atoms with Gasteiger partial charge in [-0.15, -0.1) is 0 Å². The van der Waals surface area contributed by atoms with E-state index in [-0.39, 0.29) is 5.92 Å². The average Bonchev–Trinajstić information content (AvgIpc) is 2.41. The van der Waals surface area contributed by atoms with Gasteiger partial charge in [0, 0.05) is 29.4 Å². The number of aliphatic hydroxyl groups excluding tert-OH is 1. The number of halogens is 1. The Balaban J connectivity index is 2.28. The monoisotopic (exact) mass is 262 g/mol. The molecule has 2 unspecified atom stereocenters. The second-order valence-corrected chi connectivity index (χ2v) is 4.53. The Morgan fingerprint density at radius 1 is 1.22 bits per heavy atom. The van der Waals surface area contributed by atoms with Crippen LogP contribution in [0, 0.1) is 0 Å². The maximum atomic E-state index is 10.4. The number of rotatable bonds is 4. The molecule has 0 spiro atoms. The molecule has 3 N–H and O–H groups in total. The molecule has 0 fully saturated rings. The van der Waals surface area contributed by atoms with E-state index in [9.17, 15) is 5.11 Å². The Morgan fingerprint density at radius 2 is 2.06 bits per heavy atom. The van der Waals surface area contributed by atoms with Gasteiger partial charge < -0.3 is 10.8 Å². The molecule has 0 amide bonds. The summed E-state index contributed by atoms with van der Waals surface area (Å²) in [5, 5.41) is 11.0. The number of benzene rings is 1. The smallest absolute Gasteiger partial charge is 0.0886 e. The fraction of sp³-hybridized carbons (Fsp3) is 0.214. The van der Waals surface area contributed by atoms with Crippen LogP contribution in [0.1, 0.15) is 23.3 Å². The molecule has 94 valence electrons. The summed E-state index contributed by atoms with van der Waals surface area (Å²) < 4.78 is 0. The van der Waals surface area contributed by atoms with Crippen molar-refractivity contribution < 1.29 is 5.11 Å². The van der Waals surface area contributed by atoms with Crippen LogP contribution < -0.4 is 5.73 Å². The van der Waals surface area contributed by atoms with Crippen LogP contribution in [0.4, 0.5) is 0 Å². The minimum absolute atomic E-state index is 0.232. The Kier molecular flexibility index (Phi) is 4.31. The molecule has 2 atom stereocenters. The van der Waals surface area contributed by atoms with Crippen LogP contribution in [0.15, 0.2) is 48.7 Å². The van der Waals surface area contributed by atoms with Crippen molar-refractivity contribution >= 4 is 11.6 Å². The van der Waals surface area contributed by atoms with Gasteiger partial charge in [-0.1, -0.05) is 29.8 Å². The number of hydrogen-bond donors (Lipinski definition) is 2. The number of nitrogens with two attached hydrogens (primary N) is 1. The fourth-order valence-corrected chi connectivity index (χ4v) is 2.13. The molecular formula is C14H15ClN2O. The maximum Gasteiger partial charge on any atom is 0.0886 e. The van der Waals surface area contributed by atoms with Gasteiger partial charge in [0.05, 0.1) is 6.10 Å². The van der Waals surface area contributed by atoms with Crippen molar-refractivity contribution in [2.75, 3.05) is 6.54 Å². The molecule has 4 heteroatoms. The fourth-order valence-electron chi connectivity index (χ4n) is 1.93. The van der Waals surface area contributed by atoms with Gasteiger partial charge in [-0.3, -0.25) is 4.98 Å². The zero-order valence-electron chi connectivity index (χ0n) is 9.83. The Morgan fingerprint density at radius 3 is 2.67 bits per heavy atom. The van der Waals surface area contributed by atoms with Crippen molar-refractivity contribution in [1.82, 2.24) is 4.98 Å². The number of pyridine rings is 1. The summed E-state index contributed by atoms with van der Waals surface area (Å²) >= 11 is 5.92. The van der Waals surface area contributed by atoms with E-state index in [2.05, 4.69) is 4.98 Å². The van der Waals surface area contributed by atoms with Crippen molar-refractivity contribution in [1.29, 1.82) is 0 Å². The zero-order chi connectivity index (χ0) is 13.0. The topological polar surface area (TPSA) is 59.1 Å². The molecule has 0 bridgehead atoms. The van der Waals surface area contributed by atoms with Crippen LogP contribution in [0.2, 0.25) is 5.02 Å². The van der Waals surface area contributed by atoms with Crippen molar-refractivity contribution in [2.24, 2.45) is 5.73 Å². The number of aromatic nitrogens is 1. The Bertz CT molecular complexity index is 504. The zero-order valence-corrected chi connectivity index (χ0v) is 10.6. The minimum Gasteiger partial charge on any atom is -0.388 e. The van der Waals surface area contributed by atoms with Crippen molar-refractivity contribution in [3.63, 3.8) is 0 Å². The van der Waals surface area contributed by atoms with Gasteiger partial charge in [-0.05, 0) is 29.8 Å². The molecule has 3 nitrogen and oxygen atoms in total. The first kappa shape index (κ1) is 13.0. The molecule has 0 aliphatic rings. The van der Waals surface area contributed by atoms with E-state index in [4.69, 9.17) is 17.3 Å². The highest BCUT2D eigenvalue weighted by Crippen LogP contribution is 2.29. The van der Waals surface area contributed by atoms with Crippen LogP contribution in [-0.4, -0.2) is 16.6 Å². The molecular weight excluding hydrogens is 248 g/mol. The van der Waals surface area contributed by atoms with Crippen molar-refractivity contribution in [3.05, 3.63) is 64.9 Å². The summed E-state index contributed by atoms with van der Waals surface area (Å²) in [4.78, 5) is 4.25. The molecule has 0 aliphatic heterocycles. The molecule has 1 aromatic heterocycles. The summed E-state index contributed by atoms with van der Waals surface area (Å²) in [6.07, 6.45) is 0.992.